The first-order chi connectivity index (χ1) is 15.7. The van der Waals surface area contributed by atoms with Crippen LogP contribution in [0.2, 0.25) is 0 Å². The summed E-state index contributed by atoms with van der Waals surface area (Å²) in [6.07, 6.45) is 8.72. The highest BCUT2D eigenvalue weighted by molar-refractivity contribution is 7.88. The molecule has 8 nitrogen and oxygen atoms in total. The lowest BCUT2D eigenvalue weighted by Gasteiger charge is -2.21. The lowest BCUT2D eigenvalue weighted by molar-refractivity contribution is -0.120. The molecule has 10 heteroatoms. The van der Waals surface area contributed by atoms with Gasteiger partial charge in [-0.25, -0.2) is 17.1 Å². The minimum atomic E-state index is -3.25. The number of halogens is 1. The minimum absolute atomic E-state index is 0.0162. The quantitative estimate of drug-likeness (QED) is 0.674. The monoisotopic (exact) mass is 470 g/mol. The molecule has 1 aromatic rings. The molecule has 3 heterocycles. The van der Waals surface area contributed by atoms with Crippen molar-refractivity contribution in [2.75, 3.05) is 32.4 Å². The van der Waals surface area contributed by atoms with Crippen molar-refractivity contribution in [2.45, 2.75) is 6.42 Å². The number of fused-ring (bicyclic) bond motifs is 2. The number of azo groups is 1. The first kappa shape index (κ1) is 21.8. The number of hydrogen-bond acceptors (Lipinski definition) is 5. The summed E-state index contributed by atoms with van der Waals surface area (Å²) in [7, 11) is -3.25. The van der Waals surface area contributed by atoms with Gasteiger partial charge in [-0.05, 0) is 35.1 Å². The Kier molecular flexibility index (Phi) is 5.37. The molecule has 172 valence electrons. The standard InChI is InChI=1S/C23H23FN4O4S/c1-33(31,32)28-12-15-10-27(11-16(15)13-28)23(30)19-8-14(6-7-20(19)24)9-21-17-4-2-3-5-18(17)22(29)26-25-21/h2-8,15-16,18H,9-13H2,1H3. The van der Waals surface area contributed by atoms with Gasteiger partial charge >= 0.3 is 0 Å². The molecule has 0 saturated carbocycles. The minimum Gasteiger partial charge on any atom is -0.338 e. The Bertz CT molecular complexity index is 1250. The highest BCUT2D eigenvalue weighted by Crippen LogP contribution is 2.34. The Labute approximate surface area is 191 Å². The number of amides is 2. The Hall–Kier alpha value is -2.98. The zero-order chi connectivity index (χ0) is 23.3. The number of rotatable bonds is 4. The first-order valence-electron chi connectivity index (χ1n) is 10.8. The molecule has 4 aliphatic rings. The van der Waals surface area contributed by atoms with E-state index in [0.29, 0.717) is 43.9 Å². The van der Waals surface area contributed by atoms with Gasteiger partial charge in [0.15, 0.2) is 0 Å². The second-order valence-electron chi connectivity index (χ2n) is 8.96. The Morgan fingerprint density at radius 1 is 1.12 bits per heavy atom. The topological polar surface area (TPSA) is 99.5 Å². The number of carbonyl (C=O) groups is 2. The van der Waals surface area contributed by atoms with Crippen LogP contribution in [0.15, 0.2) is 64.0 Å². The maximum atomic E-state index is 14.6. The lowest BCUT2D eigenvalue weighted by atomic mass is 9.89. The van der Waals surface area contributed by atoms with Crippen molar-refractivity contribution in [1.82, 2.24) is 9.21 Å². The van der Waals surface area contributed by atoms with Crippen LogP contribution in [0.3, 0.4) is 0 Å². The van der Waals surface area contributed by atoms with Crippen molar-refractivity contribution in [3.05, 3.63) is 70.7 Å². The highest BCUT2D eigenvalue weighted by atomic mass is 32.2. The Morgan fingerprint density at radius 3 is 2.55 bits per heavy atom. The predicted molar refractivity (Wildman–Crippen MR) is 118 cm³/mol. The summed E-state index contributed by atoms with van der Waals surface area (Å²) >= 11 is 0. The zero-order valence-corrected chi connectivity index (χ0v) is 18.8. The third kappa shape index (κ3) is 4.08. The van der Waals surface area contributed by atoms with Gasteiger partial charge in [0.1, 0.15) is 5.82 Å². The molecule has 2 saturated heterocycles. The summed E-state index contributed by atoms with van der Waals surface area (Å²) in [4.78, 5) is 26.7. The van der Waals surface area contributed by atoms with E-state index in [0.717, 1.165) is 5.57 Å². The van der Waals surface area contributed by atoms with Crippen LogP contribution in [0.25, 0.3) is 0 Å². The zero-order valence-electron chi connectivity index (χ0n) is 18.0. The smallest absolute Gasteiger partial charge is 0.275 e. The van der Waals surface area contributed by atoms with Crippen molar-refractivity contribution in [1.29, 1.82) is 0 Å². The maximum absolute atomic E-state index is 14.6. The number of benzene rings is 1. The van der Waals surface area contributed by atoms with Crippen LogP contribution in [0, 0.1) is 23.6 Å². The third-order valence-corrected chi connectivity index (χ3v) is 7.97. The summed E-state index contributed by atoms with van der Waals surface area (Å²) in [6.45, 7) is 1.59. The Balaban J connectivity index is 1.34. The predicted octanol–water partition coefficient (Wildman–Crippen LogP) is 2.32. The van der Waals surface area contributed by atoms with Gasteiger partial charge < -0.3 is 4.90 Å². The van der Waals surface area contributed by atoms with Gasteiger partial charge in [0, 0.05) is 32.6 Å². The van der Waals surface area contributed by atoms with E-state index in [1.165, 1.54) is 22.7 Å². The normalized spacial score (nSPS) is 26.8. The van der Waals surface area contributed by atoms with E-state index in [2.05, 4.69) is 10.2 Å². The van der Waals surface area contributed by atoms with E-state index in [-0.39, 0.29) is 23.3 Å². The number of nitrogens with zero attached hydrogens (tertiary/aromatic N) is 4. The molecule has 0 N–H and O–H groups in total. The van der Waals surface area contributed by atoms with Crippen LogP contribution in [-0.4, -0.2) is 61.9 Å². The molecule has 33 heavy (non-hydrogen) atoms. The summed E-state index contributed by atoms with van der Waals surface area (Å²) in [6, 6.07) is 4.41. The molecule has 1 aromatic carbocycles. The van der Waals surface area contributed by atoms with Crippen LogP contribution >= 0.6 is 0 Å². The molecule has 0 aromatic heterocycles. The van der Waals surface area contributed by atoms with E-state index in [1.54, 1.807) is 23.1 Å². The van der Waals surface area contributed by atoms with Crippen LogP contribution in [-0.2, 0) is 21.2 Å². The maximum Gasteiger partial charge on any atom is 0.275 e. The Morgan fingerprint density at radius 2 is 1.85 bits per heavy atom. The molecular weight excluding hydrogens is 447 g/mol. The molecule has 2 amide bonds. The molecule has 3 aliphatic heterocycles. The second-order valence-corrected chi connectivity index (χ2v) is 10.9. The van der Waals surface area contributed by atoms with E-state index < -0.39 is 27.7 Å². The van der Waals surface area contributed by atoms with Gasteiger partial charge in [-0.3, -0.25) is 9.59 Å². The van der Waals surface area contributed by atoms with Crippen LogP contribution in [0.1, 0.15) is 15.9 Å². The van der Waals surface area contributed by atoms with Crippen LogP contribution in [0.4, 0.5) is 4.39 Å². The van der Waals surface area contributed by atoms with Crippen LogP contribution < -0.4 is 0 Å². The molecule has 0 bridgehead atoms. The average Bonchev–Trinajstić information content (AvgIpc) is 3.36. The number of carbonyl (C=O) groups excluding carboxylic acids is 2. The summed E-state index contributed by atoms with van der Waals surface area (Å²) < 4.78 is 39.7. The number of likely N-dealkylation sites (tertiary alicyclic amines) is 1. The largest absolute Gasteiger partial charge is 0.338 e. The number of sulfonamides is 1. The van der Waals surface area contributed by atoms with Gasteiger partial charge in [0.25, 0.3) is 11.8 Å². The van der Waals surface area contributed by atoms with E-state index in [4.69, 9.17) is 0 Å². The fraction of sp³-hybridized carbons (Fsp3) is 0.391. The van der Waals surface area contributed by atoms with E-state index in [1.807, 2.05) is 12.2 Å². The number of allylic oxidation sites excluding steroid dienone is 4. The molecule has 2 fully saturated rings. The second kappa shape index (κ2) is 8.11. The van der Waals surface area contributed by atoms with Crippen molar-refractivity contribution >= 4 is 21.8 Å². The molecule has 0 radical (unpaired) electrons. The average molecular weight is 471 g/mol. The van der Waals surface area contributed by atoms with Gasteiger partial charge in [0.05, 0.1) is 23.4 Å². The third-order valence-electron chi connectivity index (χ3n) is 6.74. The van der Waals surface area contributed by atoms with Crippen molar-refractivity contribution in [3.63, 3.8) is 0 Å². The van der Waals surface area contributed by atoms with Crippen molar-refractivity contribution in [2.24, 2.45) is 28.0 Å². The number of hydrogen-bond donors (Lipinski definition) is 0. The first-order valence-corrected chi connectivity index (χ1v) is 12.6. The van der Waals surface area contributed by atoms with Crippen molar-refractivity contribution in [3.8, 4) is 0 Å². The molecule has 5 rings (SSSR count). The van der Waals surface area contributed by atoms with Gasteiger partial charge in [-0.1, -0.05) is 30.4 Å². The summed E-state index contributed by atoms with van der Waals surface area (Å²) in [5.74, 6) is -1.66. The SMILES string of the molecule is CS(=O)(=O)N1CC2CN(C(=O)c3cc(CC4=C5C=CC=CC5C(=O)N=N4)ccc3F)CC2C1. The van der Waals surface area contributed by atoms with Crippen LogP contribution in [0.5, 0.6) is 0 Å². The summed E-state index contributed by atoms with van der Waals surface area (Å²) in [5, 5.41) is 7.79. The van der Waals surface area contributed by atoms with Crippen molar-refractivity contribution < 1.29 is 22.4 Å². The van der Waals surface area contributed by atoms with Gasteiger partial charge in [-0.2, -0.15) is 5.11 Å². The highest BCUT2D eigenvalue weighted by Gasteiger charge is 2.44. The lowest BCUT2D eigenvalue weighted by Crippen LogP contribution is -2.35. The van der Waals surface area contributed by atoms with E-state index >= 15 is 0 Å². The molecular formula is C23H23FN4O4S. The van der Waals surface area contributed by atoms with Gasteiger partial charge in [-0.15, -0.1) is 5.11 Å². The fourth-order valence-electron chi connectivity index (χ4n) is 5.00. The fourth-order valence-corrected chi connectivity index (χ4v) is 5.92. The van der Waals surface area contributed by atoms with E-state index in [9.17, 15) is 22.4 Å². The molecule has 3 unspecified atom stereocenters. The van der Waals surface area contributed by atoms with Gasteiger partial charge in [0.2, 0.25) is 10.0 Å². The molecule has 0 spiro atoms. The molecule has 3 atom stereocenters. The summed E-state index contributed by atoms with van der Waals surface area (Å²) in [5.41, 5.74) is 2.05. The molecule has 1 aliphatic carbocycles.